The zero-order chi connectivity index (χ0) is 13.0. The Morgan fingerprint density at radius 1 is 1.33 bits per heavy atom. The molecule has 18 heavy (non-hydrogen) atoms. The van der Waals surface area contributed by atoms with E-state index in [4.69, 9.17) is 21.1 Å². The first-order chi connectivity index (χ1) is 8.74. The van der Waals surface area contributed by atoms with E-state index in [0.717, 1.165) is 12.8 Å². The molecule has 0 bridgehead atoms. The average molecular weight is 272 g/mol. The first kappa shape index (κ1) is 13.4. The molecule has 0 saturated heterocycles. The average Bonchev–Trinajstić information content (AvgIpc) is 2.42. The van der Waals surface area contributed by atoms with Crippen LogP contribution in [0.4, 0.5) is 5.82 Å². The van der Waals surface area contributed by atoms with Crippen LogP contribution in [0.15, 0.2) is 6.20 Å². The number of halogens is 1. The summed E-state index contributed by atoms with van der Waals surface area (Å²) in [6, 6.07) is 0.549. The van der Waals surface area contributed by atoms with Gasteiger partial charge in [-0.15, -0.1) is 0 Å². The van der Waals surface area contributed by atoms with E-state index in [2.05, 4.69) is 15.3 Å². The highest BCUT2D eigenvalue weighted by Crippen LogP contribution is 2.27. The zero-order valence-corrected chi connectivity index (χ0v) is 11.4. The van der Waals surface area contributed by atoms with Gasteiger partial charge in [-0.25, -0.2) is 4.98 Å². The molecule has 6 heteroatoms. The standard InChI is InChI=1S/C12H18ClN3O2/c1-17-10-6-4-3-5-9(10)15-11-8(13)7-14-12(16-11)18-2/h7,9-10H,3-6H2,1-2H3,(H,14,15,16)/t9-,10-/m0/s1. The predicted octanol–water partition coefficient (Wildman–Crippen LogP) is 2.51. The van der Waals surface area contributed by atoms with Crippen LogP contribution in [0.1, 0.15) is 25.7 Å². The number of nitrogens with zero attached hydrogens (tertiary/aromatic N) is 2. The summed E-state index contributed by atoms with van der Waals surface area (Å²) in [5, 5.41) is 3.83. The maximum atomic E-state index is 6.08. The molecule has 0 spiro atoms. The normalized spacial score (nSPS) is 23.7. The van der Waals surface area contributed by atoms with Crippen LogP contribution in [0.25, 0.3) is 0 Å². The summed E-state index contributed by atoms with van der Waals surface area (Å²) in [6.07, 6.45) is 6.26. The maximum absolute atomic E-state index is 6.08. The topological polar surface area (TPSA) is 56.3 Å². The lowest BCUT2D eigenvalue weighted by atomic mass is 9.92. The van der Waals surface area contributed by atoms with Crippen LogP contribution in [0.2, 0.25) is 5.02 Å². The summed E-state index contributed by atoms with van der Waals surface area (Å²) in [6.45, 7) is 0. The van der Waals surface area contributed by atoms with Crippen molar-refractivity contribution >= 4 is 17.4 Å². The summed E-state index contributed by atoms with van der Waals surface area (Å²) < 4.78 is 10.5. The Labute approximate surface area is 112 Å². The van der Waals surface area contributed by atoms with Gasteiger partial charge in [0.1, 0.15) is 5.02 Å². The van der Waals surface area contributed by atoms with E-state index in [1.165, 1.54) is 20.0 Å². The van der Waals surface area contributed by atoms with Crippen LogP contribution < -0.4 is 10.1 Å². The second-order valence-electron chi connectivity index (χ2n) is 4.36. The molecule has 0 radical (unpaired) electrons. The third-order valence-electron chi connectivity index (χ3n) is 3.23. The molecule has 1 aromatic heterocycles. The first-order valence-corrected chi connectivity index (χ1v) is 6.48. The molecular formula is C12H18ClN3O2. The van der Waals surface area contributed by atoms with Crippen LogP contribution in [0.3, 0.4) is 0 Å². The van der Waals surface area contributed by atoms with Gasteiger partial charge in [-0.3, -0.25) is 0 Å². The van der Waals surface area contributed by atoms with E-state index in [1.807, 2.05) is 0 Å². The molecule has 2 rings (SSSR count). The minimum absolute atomic E-state index is 0.204. The first-order valence-electron chi connectivity index (χ1n) is 6.10. The summed E-state index contributed by atoms with van der Waals surface area (Å²) >= 11 is 6.08. The fourth-order valence-corrected chi connectivity index (χ4v) is 2.42. The van der Waals surface area contributed by atoms with Crippen molar-refractivity contribution in [1.29, 1.82) is 0 Å². The molecule has 0 aromatic carbocycles. The fourth-order valence-electron chi connectivity index (χ4n) is 2.27. The third kappa shape index (κ3) is 3.03. The smallest absolute Gasteiger partial charge is 0.318 e. The Balaban J connectivity index is 2.11. The predicted molar refractivity (Wildman–Crippen MR) is 70.3 cm³/mol. The molecule has 1 saturated carbocycles. The monoisotopic (exact) mass is 271 g/mol. The Morgan fingerprint density at radius 3 is 2.83 bits per heavy atom. The van der Waals surface area contributed by atoms with Crippen molar-refractivity contribution in [3.63, 3.8) is 0 Å². The zero-order valence-electron chi connectivity index (χ0n) is 10.6. The van der Waals surface area contributed by atoms with Crippen molar-refractivity contribution in [2.45, 2.75) is 37.8 Å². The Kier molecular flexibility index (Phi) is 4.60. The van der Waals surface area contributed by atoms with E-state index >= 15 is 0 Å². The SMILES string of the molecule is COc1ncc(Cl)c(N[C@H]2CCCC[C@@H]2OC)n1. The highest BCUT2D eigenvalue weighted by atomic mass is 35.5. The van der Waals surface area contributed by atoms with Crippen LogP contribution >= 0.6 is 11.6 Å². The maximum Gasteiger partial charge on any atom is 0.318 e. The van der Waals surface area contributed by atoms with E-state index in [9.17, 15) is 0 Å². The summed E-state index contributed by atoms with van der Waals surface area (Å²) in [5.41, 5.74) is 0. The van der Waals surface area contributed by atoms with Crippen molar-refractivity contribution in [3.8, 4) is 6.01 Å². The number of ether oxygens (including phenoxy) is 2. The highest BCUT2D eigenvalue weighted by Gasteiger charge is 2.25. The molecule has 1 aliphatic carbocycles. The van der Waals surface area contributed by atoms with Gasteiger partial charge in [0.2, 0.25) is 0 Å². The number of hydrogen-bond acceptors (Lipinski definition) is 5. The van der Waals surface area contributed by atoms with Crippen LogP contribution in [0, 0.1) is 0 Å². The Hall–Kier alpha value is -1.07. The van der Waals surface area contributed by atoms with Gasteiger partial charge in [-0.05, 0) is 12.8 Å². The molecule has 5 nitrogen and oxygen atoms in total. The summed E-state index contributed by atoms with van der Waals surface area (Å²) in [4.78, 5) is 8.17. The third-order valence-corrected chi connectivity index (χ3v) is 3.51. The van der Waals surface area contributed by atoms with Gasteiger partial charge < -0.3 is 14.8 Å². The van der Waals surface area contributed by atoms with Crippen molar-refractivity contribution in [3.05, 3.63) is 11.2 Å². The quantitative estimate of drug-likeness (QED) is 0.912. The number of methoxy groups -OCH3 is 2. The van der Waals surface area contributed by atoms with Crippen LogP contribution in [-0.4, -0.2) is 36.3 Å². The number of anilines is 1. The van der Waals surface area contributed by atoms with Crippen LogP contribution in [0.5, 0.6) is 6.01 Å². The van der Waals surface area contributed by atoms with Gasteiger partial charge in [0.15, 0.2) is 5.82 Å². The molecule has 0 aliphatic heterocycles. The number of nitrogens with one attached hydrogen (secondary N) is 1. The largest absolute Gasteiger partial charge is 0.467 e. The molecule has 1 aromatic rings. The summed E-state index contributed by atoms with van der Waals surface area (Å²) in [5.74, 6) is 0.609. The molecule has 1 heterocycles. The second-order valence-corrected chi connectivity index (χ2v) is 4.77. The van der Waals surface area contributed by atoms with Gasteiger partial charge in [0.05, 0.1) is 25.5 Å². The van der Waals surface area contributed by atoms with Gasteiger partial charge in [0, 0.05) is 7.11 Å². The van der Waals surface area contributed by atoms with E-state index in [-0.39, 0.29) is 12.1 Å². The Morgan fingerprint density at radius 2 is 2.11 bits per heavy atom. The van der Waals surface area contributed by atoms with Gasteiger partial charge in [0.25, 0.3) is 0 Å². The Bertz CT molecular complexity index is 403. The van der Waals surface area contributed by atoms with E-state index in [1.54, 1.807) is 13.3 Å². The highest BCUT2D eigenvalue weighted by molar-refractivity contribution is 6.32. The fraction of sp³-hybridized carbons (Fsp3) is 0.667. The van der Waals surface area contributed by atoms with Gasteiger partial charge in [-0.2, -0.15) is 4.98 Å². The number of aromatic nitrogens is 2. The van der Waals surface area contributed by atoms with E-state index < -0.39 is 0 Å². The van der Waals surface area contributed by atoms with Crippen molar-refractivity contribution in [2.24, 2.45) is 0 Å². The van der Waals surface area contributed by atoms with Gasteiger partial charge >= 0.3 is 6.01 Å². The van der Waals surface area contributed by atoms with Crippen molar-refractivity contribution in [2.75, 3.05) is 19.5 Å². The molecule has 2 atom stereocenters. The van der Waals surface area contributed by atoms with E-state index in [0.29, 0.717) is 16.9 Å². The lowest BCUT2D eigenvalue weighted by Gasteiger charge is -2.31. The molecular weight excluding hydrogens is 254 g/mol. The lowest BCUT2D eigenvalue weighted by molar-refractivity contribution is 0.0605. The second kappa shape index (κ2) is 6.20. The molecule has 1 aliphatic rings. The summed E-state index contributed by atoms with van der Waals surface area (Å²) in [7, 11) is 3.28. The van der Waals surface area contributed by atoms with Crippen molar-refractivity contribution < 1.29 is 9.47 Å². The molecule has 1 fully saturated rings. The minimum Gasteiger partial charge on any atom is -0.467 e. The molecule has 0 unspecified atom stereocenters. The molecule has 0 amide bonds. The van der Waals surface area contributed by atoms with Gasteiger partial charge in [-0.1, -0.05) is 24.4 Å². The molecule has 1 N–H and O–H groups in total. The minimum atomic E-state index is 0.204. The lowest BCUT2D eigenvalue weighted by Crippen LogP contribution is -2.38. The van der Waals surface area contributed by atoms with Crippen LogP contribution in [-0.2, 0) is 4.74 Å². The number of rotatable bonds is 4. The molecule has 100 valence electrons. The number of hydrogen-bond donors (Lipinski definition) is 1. The van der Waals surface area contributed by atoms with Crippen molar-refractivity contribution in [1.82, 2.24) is 9.97 Å².